The number of aromatic hydroxyl groups is 1. The van der Waals surface area contributed by atoms with Gasteiger partial charge in [0.25, 0.3) is 5.56 Å². The number of pyridine rings is 1. The monoisotopic (exact) mass is 382 g/mol. The van der Waals surface area contributed by atoms with E-state index in [9.17, 15) is 15.0 Å². The maximum atomic E-state index is 12.5. The molecule has 5 nitrogen and oxygen atoms in total. The molecule has 0 saturated carbocycles. The molecule has 2 N–H and O–H groups in total. The molecule has 28 heavy (non-hydrogen) atoms. The van der Waals surface area contributed by atoms with Crippen LogP contribution in [0.5, 0.6) is 5.75 Å². The molecule has 1 aromatic heterocycles. The summed E-state index contributed by atoms with van der Waals surface area (Å²) in [5.74, 6) is 0.218. The number of hydrogen-bond donors (Lipinski definition) is 2. The van der Waals surface area contributed by atoms with Crippen molar-refractivity contribution in [1.82, 2.24) is 9.47 Å². The molecular formula is C23H30N2O3. The number of aromatic nitrogens is 1. The van der Waals surface area contributed by atoms with Gasteiger partial charge in [-0.05, 0) is 69.6 Å². The Morgan fingerprint density at radius 1 is 1.21 bits per heavy atom. The van der Waals surface area contributed by atoms with Crippen LogP contribution in [-0.2, 0) is 24.8 Å². The first-order valence-corrected chi connectivity index (χ1v) is 10.2. The molecule has 2 heterocycles. The summed E-state index contributed by atoms with van der Waals surface area (Å²) in [7, 11) is 2.06. The summed E-state index contributed by atoms with van der Waals surface area (Å²) in [5, 5.41) is 22.5. The Morgan fingerprint density at radius 3 is 2.68 bits per heavy atom. The lowest BCUT2D eigenvalue weighted by Gasteiger charge is -2.60. The highest BCUT2D eigenvalue weighted by Crippen LogP contribution is 2.53. The fourth-order valence-electron chi connectivity index (χ4n) is 5.65. The number of aliphatic hydroxyl groups is 1. The molecule has 0 amide bonds. The number of nitrogens with zero attached hydrogens (tertiary/aromatic N) is 2. The van der Waals surface area contributed by atoms with Crippen LogP contribution in [0.2, 0.25) is 0 Å². The number of phenolic OH excluding ortho intramolecular Hbond substituents is 1. The normalized spacial score (nSPS) is 30.0. The molecule has 1 fully saturated rings. The van der Waals surface area contributed by atoms with Gasteiger partial charge < -0.3 is 19.7 Å². The van der Waals surface area contributed by atoms with Crippen molar-refractivity contribution in [3.05, 3.63) is 63.1 Å². The zero-order valence-electron chi connectivity index (χ0n) is 17.2. The van der Waals surface area contributed by atoms with Crippen LogP contribution in [-0.4, -0.2) is 44.9 Å². The predicted molar refractivity (Wildman–Crippen MR) is 110 cm³/mol. The van der Waals surface area contributed by atoms with Gasteiger partial charge in [0.05, 0.1) is 5.60 Å². The van der Waals surface area contributed by atoms with E-state index in [0.29, 0.717) is 19.4 Å². The molecule has 2 aromatic rings. The quantitative estimate of drug-likeness (QED) is 0.837. The van der Waals surface area contributed by atoms with Gasteiger partial charge in [0, 0.05) is 42.6 Å². The summed E-state index contributed by atoms with van der Waals surface area (Å²) < 4.78 is 1.85. The molecule has 5 heteroatoms. The number of aryl methyl sites for hydroxylation is 1. The zero-order chi connectivity index (χ0) is 20.3. The van der Waals surface area contributed by atoms with Crippen molar-refractivity contribution in [3.8, 4) is 5.75 Å². The van der Waals surface area contributed by atoms with Crippen molar-refractivity contribution >= 4 is 0 Å². The van der Waals surface area contributed by atoms with E-state index in [1.807, 2.05) is 36.6 Å². The van der Waals surface area contributed by atoms with Crippen molar-refractivity contribution in [1.29, 1.82) is 0 Å². The number of hydrogen-bond acceptors (Lipinski definition) is 4. The summed E-state index contributed by atoms with van der Waals surface area (Å²) in [5.41, 5.74) is 2.63. The molecule has 0 spiro atoms. The minimum absolute atomic E-state index is 0.00967. The van der Waals surface area contributed by atoms with E-state index in [4.69, 9.17) is 0 Å². The van der Waals surface area contributed by atoms with E-state index >= 15 is 0 Å². The van der Waals surface area contributed by atoms with Crippen molar-refractivity contribution in [3.63, 3.8) is 0 Å². The van der Waals surface area contributed by atoms with E-state index in [1.54, 1.807) is 12.1 Å². The van der Waals surface area contributed by atoms with Crippen LogP contribution in [0.3, 0.4) is 0 Å². The standard InChI is InChI=1S/C23H30N2O3/c1-5-25-20-14-22(19-12-18(26)8-6-15(19)2)10-11-24(4)16(3)23(22,28)13-17(20)7-9-21(25)27/h6-9,12,16,26,28H,5,10-11,13-14H2,1-4H3/t16?,22-,23?/m1/s1. The van der Waals surface area contributed by atoms with Crippen molar-refractivity contribution in [2.45, 2.75) is 63.6 Å². The first-order valence-electron chi connectivity index (χ1n) is 10.2. The van der Waals surface area contributed by atoms with Crippen LogP contribution in [0.25, 0.3) is 0 Å². The highest BCUT2D eigenvalue weighted by molar-refractivity contribution is 5.47. The number of rotatable bonds is 2. The maximum Gasteiger partial charge on any atom is 0.250 e. The number of likely N-dealkylation sites (tertiary alicyclic amines) is 1. The summed E-state index contributed by atoms with van der Waals surface area (Å²) in [6.07, 6.45) is 1.88. The minimum Gasteiger partial charge on any atom is -0.508 e. The smallest absolute Gasteiger partial charge is 0.250 e. The summed E-state index contributed by atoms with van der Waals surface area (Å²) in [6, 6.07) is 8.92. The molecule has 1 aromatic carbocycles. The van der Waals surface area contributed by atoms with Gasteiger partial charge in [0.15, 0.2) is 0 Å². The van der Waals surface area contributed by atoms with Crippen LogP contribution >= 0.6 is 0 Å². The van der Waals surface area contributed by atoms with Crippen LogP contribution in [0.1, 0.15) is 42.7 Å². The largest absolute Gasteiger partial charge is 0.508 e. The van der Waals surface area contributed by atoms with Crippen molar-refractivity contribution in [2.75, 3.05) is 13.6 Å². The Morgan fingerprint density at radius 2 is 1.96 bits per heavy atom. The lowest BCUT2D eigenvalue weighted by atomic mass is 9.53. The zero-order valence-corrected chi connectivity index (χ0v) is 17.2. The molecular weight excluding hydrogens is 352 g/mol. The molecule has 0 bridgehead atoms. The second-order valence-electron chi connectivity index (χ2n) is 8.65. The summed E-state index contributed by atoms with van der Waals surface area (Å²) in [6.45, 7) is 7.60. The van der Waals surface area contributed by atoms with Crippen LogP contribution < -0.4 is 5.56 Å². The Hall–Kier alpha value is -2.11. The Kier molecular flexibility index (Phi) is 4.43. The van der Waals surface area contributed by atoms with E-state index in [1.165, 1.54) is 0 Å². The summed E-state index contributed by atoms with van der Waals surface area (Å²) >= 11 is 0. The Bertz CT molecular complexity index is 982. The number of benzene rings is 1. The second-order valence-corrected chi connectivity index (χ2v) is 8.65. The van der Waals surface area contributed by atoms with Crippen LogP contribution in [0, 0.1) is 6.92 Å². The van der Waals surface area contributed by atoms with E-state index in [-0.39, 0.29) is 17.4 Å². The topological polar surface area (TPSA) is 65.7 Å². The Labute approximate surface area is 166 Å². The first kappa shape index (κ1) is 19.2. The molecule has 0 radical (unpaired) electrons. The number of fused-ring (bicyclic) bond motifs is 2. The average molecular weight is 383 g/mol. The van der Waals surface area contributed by atoms with Crippen molar-refractivity contribution < 1.29 is 10.2 Å². The molecule has 1 aliphatic heterocycles. The van der Waals surface area contributed by atoms with Crippen LogP contribution in [0.4, 0.5) is 0 Å². The molecule has 2 unspecified atom stereocenters. The van der Waals surface area contributed by atoms with Gasteiger partial charge in [-0.15, -0.1) is 0 Å². The van der Waals surface area contributed by atoms with E-state index < -0.39 is 11.0 Å². The third-order valence-electron chi connectivity index (χ3n) is 7.44. The van der Waals surface area contributed by atoms with Gasteiger partial charge in [0.2, 0.25) is 0 Å². The van der Waals surface area contributed by atoms with Gasteiger partial charge in [-0.25, -0.2) is 0 Å². The van der Waals surface area contributed by atoms with Gasteiger partial charge in [-0.1, -0.05) is 12.1 Å². The van der Waals surface area contributed by atoms with Gasteiger partial charge >= 0.3 is 0 Å². The third kappa shape index (κ3) is 2.49. The van der Waals surface area contributed by atoms with Gasteiger partial charge in [-0.2, -0.15) is 0 Å². The third-order valence-corrected chi connectivity index (χ3v) is 7.44. The SMILES string of the molecule is CCn1c2c(ccc1=O)CC1(O)C(C)N(C)CC[C@]1(c1cc(O)ccc1C)C2. The molecule has 4 rings (SSSR count). The fraction of sp³-hybridized carbons (Fsp3) is 0.522. The molecule has 1 saturated heterocycles. The van der Waals surface area contributed by atoms with E-state index in [0.717, 1.165) is 35.3 Å². The lowest BCUT2D eigenvalue weighted by molar-refractivity contribution is -0.133. The summed E-state index contributed by atoms with van der Waals surface area (Å²) in [4.78, 5) is 14.7. The molecule has 3 atom stereocenters. The fourth-order valence-corrected chi connectivity index (χ4v) is 5.65. The highest BCUT2D eigenvalue weighted by atomic mass is 16.3. The number of piperidine rings is 1. The van der Waals surface area contributed by atoms with E-state index in [2.05, 4.69) is 18.9 Å². The maximum absolute atomic E-state index is 12.5. The van der Waals surface area contributed by atoms with Gasteiger partial charge in [-0.3, -0.25) is 4.79 Å². The molecule has 150 valence electrons. The second kappa shape index (κ2) is 6.46. The van der Waals surface area contributed by atoms with Crippen LogP contribution in [0.15, 0.2) is 35.1 Å². The lowest BCUT2D eigenvalue weighted by Crippen LogP contribution is -2.70. The molecule has 2 aliphatic rings. The van der Waals surface area contributed by atoms with Crippen molar-refractivity contribution in [2.24, 2.45) is 0 Å². The predicted octanol–water partition coefficient (Wildman–Crippen LogP) is 2.37. The first-order chi connectivity index (χ1) is 13.2. The number of likely N-dealkylation sites (N-methyl/N-ethyl adjacent to an activating group) is 1. The minimum atomic E-state index is -0.985. The Balaban J connectivity index is 2.02. The average Bonchev–Trinajstić information content (AvgIpc) is 2.67. The molecule has 1 aliphatic carbocycles. The number of phenols is 1. The van der Waals surface area contributed by atoms with Gasteiger partial charge in [0.1, 0.15) is 5.75 Å². The highest BCUT2D eigenvalue weighted by Gasteiger charge is 2.60.